The van der Waals surface area contributed by atoms with E-state index in [1.165, 1.54) is 6.42 Å². The van der Waals surface area contributed by atoms with Gasteiger partial charge in [-0.15, -0.1) is 0 Å². The third-order valence-electron chi connectivity index (χ3n) is 3.50. The van der Waals surface area contributed by atoms with Crippen LogP contribution in [0.25, 0.3) is 0 Å². The number of amides is 1. The Bertz CT molecular complexity index is 223. The first kappa shape index (κ1) is 10.9. The lowest BCUT2D eigenvalue weighted by Crippen LogP contribution is -2.51. The topological polar surface area (TPSA) is 52.6 Å². The van der Waals surface area contributed by atoms with Gasteiger partial charge in [0.05, 0.1) is 12.6 Å². The normalized spacial score (nSPS) is 26.3. The summed E-state index contributed by atoms with van der Waals surface area (Å²) in [6.45, 7) is 1.53. The first-order chi connectivity index (χ1) is 7.33. The van der Waals surface area contributed by atoms with Crippen LogP contribution in [0.2, 0.25) is 0 Å². The van der Waals surface area contributed by atoms with Crippen LogP contribution >= 0.6 is 0 Å². The molecule has 4 heteroatoms. The van der Waals surface area contributed by atoms with Crippen molar-refractivity contribution >= 4 is 5.91 Å². The Kier molecular flexibility index (Phi) is 3.59. The Morgan fingerprint density at radius 2 is 2.13 bits per heavy atom. The summed E-state index contributed by atoms with van der Waals surface area (Å²) >= 11 is 0. The van der Waals surface area contributed by atoms with Gasteiger partial charge in [0.2, 0.25) is 5.91 Å². The molecule has 0 unspecified atom stereocenters. The molecule has 0 radical (unpaired) electrons. The summed E-state index contributed by atoms with van der Waals surface area (Å²) in [6, 6.07) is 0.407. The molecule has 1 atom stereocenters. The number of nitrogens with one attached hydrogen (secondary N) is 1. The maximum absolute atomic E-state index is 12.1. The van der Waals surface area contributed by atoms with Crippen molar-refractivity contribution in [2.45, 2.75) is 44.2 Å². The molecule has 0 spiro atoms. The van der Waals surface area contributed by atoms with Crippen molar-refractivity contribution in [2.24, 2.45) is 0 Å². The molecule has 1 aliphatic carbocycles. The van der Waals surface area contributed by atoms with Gasteiger partial charge in [0.1, 0.15) is 0 Å². The molecule has 1 saturated heterocycles. The molecule has 0 aromatic rings. The average Bonchev–Trinajstić information content (AvgIpc) is 2.66. The molecule has 1 heterocycles. The van der Waals surface area contributed by atoms with Crippen LogP contribution in [0.3, 0.4) is 0 Å². The molecular formula is C11H20N2O2. The molecule has 1 aliphatic heterocycles. The van der Waals surface area contributed by atoms with E-state index in [1.807, 2.05) is 4.90 Å². The molecule has 0 aromatic heterocycles. The Hall–Kier alpha value is -0.610. The summed E-state index contributed by atoms with van der Waals surface area (Å²) < 4.78 is 0. The van der Waals surface area contributed by atoms with E-state index >= 15 is 0 Å². The van der Waals surface area contributed by atoms with E-state index < -0.39 is 0 Å². The second kappa shape index (κ2) is 4.94. The smallest absolute Gasteiger partial charge is 0.240 e. The average molecular weight is 212 g/mol. The number of hydrogen-bond acceptors (Lipinski definition) is 3. The highest BCUT2D eigenvalue weighted by Gasteiger charge is 2.33. The van der Waals surface area contributed by atoms with Crippen LogP contribution in [-0.4, -0.2) is 47.7 Å². The molecule has 86 valence electrons. The van der Waals surface area contributed by atoms with Crippen molar-refractivity contribution in [3.05, 3.63) is 0 Å². The summed E-state index contributed by atoms with van der Waals surface area (Å²) in [6.07, 6.45) is 5.48. The number of hydrogen-bond donors (Lipinski definition) is 2. The monoisotopic (exact) mass is 212 g/mol. The maximum Gasteiger partial charge on any atom is 0.240 e. The van der Waals surface area contributed by atoms with E-state index in [-0.39, 0.29) is 18.6 Å². The van der Waals surface area contributed by atoms with Gasteiger partial charge in [-0.2, -0.15) is 0 Å². The molecule has 15 heavy (non-hydrogen) atoms. The fourth-order valence-electron chi connectivity index (χ4n) is 2.37. The van der Waals surface area contributed by atoms with Gasteiger partial charge in [-0.05, 0) is 38.6 Å². The molecule has 1 amide bonds. The van der Waals surface area contributed by atoms with E-state index in [2.05, 4.69) is 5.32 Å². The summed E-state index contributed by atoms with van der Waals surface area (Å²) in [7, 11) is 0. The van der Waals surface area contributed by atoms with Crippen molar-refractivity contribution in [3.63, 3.8) is 0 Å². The van der Waals surface area contributed by atoms with Crippen LogP contribution in [0.5, 0.6) is 0 Å². The fourth-order valence-corrected chi connectivity index (χ4v) is 2.37. The first-order valence-corrected chi connectivity index (χ1v) is 5.97. The lowest BCUT2D eigenvalue weighted by molar-refractivity contribution is -0.137. The van der Waals surface area contributed by atoms with E-state index in [9.17, 15) is 4.79 Å². The third-order valence-corrected chi connectivity index (χ3v) is 3.50. The SMILES string of the molecule is O=C([C@@H]1CCCN1)N(CCO)C1CCC1. The fraction of sp³-hybridized carbons (Fsp3) is 0.909. The molecular weight excluding hydrogens is 192 g/mol. The lowest BCUT2D eigenvalue weighted by atomic mass is 9.91. The highest BCUT2D eigenvalue weighted by atomic mass is 16.3. The minimum Gasteiger partial charge on any atom is -0.395 e. The summed E-state index contributed by atoms with van der Waals surface area (Å²) in [5.74, 6) is 0.200. The third kappa shape index (κ3) is 2.32. The van der Waals surface area contributed by atoms with Crippen LogP contribution in [0.15, 0.2) is 0 Å². The van der Waals surface area contributed by atoms with E-state index in [1.54, 1.807) is 0 Å². The summed E-state index contributed by atoms with van der Waals surface area (Å²) in [4.78, 5) is 14.0. The highest BCUT2D eigenvalue weighted by Crippen LogP contribution is 2.25. The zero-order chi connectivity index (χ0) is 10.7. The molecule has 2 rings (SSSR count). The second-order valence-corrected chi connectivity index (χ2v) is 4.49. The number of aliphatic hydroxyl groups is 1. The van der Waals surface area contributed by atoms with Gasteiger partial charge >= 0.3 is 0 Å². The summed E-state index contributed by atoms with van der Waals surface area (Å²) in [5.41, 5.74) is 0. The Morgan fingerprint density at radius 1 is 1.33 bits per heavy atom. The Morgan fingerprint density at radius 3 is 2.60 bits per heavy atom. The second-order valence-electron chi connectivity index (χ2n) is 4.49. The molecule has 0 bridgehead atoms. The van der Waals surface area contributed by atoms with Gasteiger partial charge in [-0.25, -0.2) is 0 Å². The van der Waals surface area contributed by atoms with Crippen LogP contribution in [0, 0.1) is 0 Å². The Labute approximate surface area is 90.6 Å². The maximum atomic E-state index is 12.1. The molecule has 2 N–H and O–H groups in total. The van der Waals surface area contributed by atoms with Gasteiger partial charge in [-0.1, -0.05) is 0 Å². The number of aliphatic hydroxyl groups excluding tert-OH is 1. The minimum atomic E-state index is 0.0112. The van der Waals surface area contributed by atoms with Gasteiger partial charge in [0, 0.05) is 12.6 Å². The predicted octanol–water partition coefficient (Wildman–Crippen LogP) is 0.112. The van der Waals surface area contributed by atoms with Gasteiger partial charge < -0.3 is 15.3 Å². The first-order valence-electron chi connectivity index (χ1n) is 5.97. The highest BCUT2D eigenvalue weighted by molar-refractivity contribution is 5.82. The van der Waals surface area contributed by atoms with Crippen molar-refractivity contribution < 1.29 is 9.90 Å². The predicted molar refractivity (Wildman–Crippen MR) is 57.5 cm³/mol. The zero-order valence-corrected chi connectivity index (χ0v) is 9.11. The number of rotatable bonds is 4. The summed E-state index contributed by atoms with van der Waals surface area (Å²) in [5, 5.41) is 12.2. The van der Waals surface area contributed by atoms with Crippen LogP contribution in [0.1, 0.15) is 32.1 Å². The number of carbonyl (C=O) groups is 1. The minimum absolute atomic E-state index is 0.0112. The molecule has 1 saturated carbocycles. The van der Waals surface area contributed by atoms with Gasteiger partial charge in [-0.3, -0.25) is 4.79 Å². The van der Waals surface area contributed by atoms with Crippen LogP contribution < -0.4 is 5.32 Å². The largest absolute Gasteiger partial charge is 0.395 e. The lowest BCUT2D eigenvalue weighted by Gasteiger charge is -2.38. The van der Waals surface area contributed by atoms with E-state index in [4.69, 9.17) is 5.11 Å². The number of carbonyl (C=O) groups excluding carboxylic acids is 1. The van der Waals surface area contributed by atoms with E-state index in [0.717, 1.165) is 32.2 Å². The standard InChI is InChI=1S/C11H20N2O2/c14-8-7-13(9-3-1-4-9)11(15)10-5-2-6-12-10/h9-10,12,14H,1-8H2/t10-/m0/s1. The van der Waals surface area contributed by atoms with Gasteiger partial charge in [0.15, 0.2) is 0 Å². The quantitative estimate of drug-likeness (QED) is 0.695. The molecule has 2 aliphatic rings. The zero-order valence-electron chi connectivity index (χ0n) is 9.11. The van der Waals surface area contributed by atoms with Crippen molar-refractivity contribution in [1.82, 2.24) is 10.2 Å². The molecule has 0 aromatic carbocycles. The number of nitrogens with zero attached hydrogens (tertiary/aromatic N) is 1. The van der Waals surface area contributed by atoms with Gasteiger partial charge in [0.25, 0.3) is 0 Å². The van der Waals surface area contributed by atoms with Crippen molar-refractivity contribution in [2.75, 3.05) is 19.7 Å². The van der Waals surface area contributed by atoms with Crippen molar-refractivity contribution in [1.29, 1.82) is 0 Å². The van der Waals surface area contributed by atoms with Crippen molar-refractivity contribution in [3.8, 4) is 0 Å². The van der Waals surface area contributed by atoms with E-state index in [0.29, 0.717) is 12.6 Å². The Balaban J connectivity index is 1.92. The van der Waals surface area contributed by atoms with Crippen LogP contribution in [0.4, 0.5) is 0 Å². The molecule has 2 fully saturated rings. The molecule has 4 nitrogen and oxygen atoms in total. The van der Waals surface area contributed by atoms with Crippen LogP contribution in [-0.2, 0) is 4.79 Å².